The van der Waals surface area contributed by atoms with Crippen LogP contribution in [-0.4, -0.2) is 20.6 Å². The van der Waals surface area contributed by atoms with Crippen molar-refractivity contribution < 1.29 is 9.31 Å². The molecule has 1 unspecified atom stereocenters. The Kier molecular flexibility index (Phi) is 1.43. The van der Waals surface area contributed by atoms with E-state index in [2.05, 4.69) is 4.98 Å². The van der Waals surface area contributed by atoms with Gasteiger partial charge in [0.15, 0.2) is 0 Å². The predicted molar refractivity (Wildman–Crippen MR) is 39.0 cm³/mol. The molecule has 1 saturated heterocycles. The molecule has 10 heavy (non-hydrogen) atoms. The van der Waals surface area contributed by atoms with Crippen molar-refractivity contribution >= 4 is 19.0 Å². The molecule has 52 valence electrons. The van der Waals surface area contributed by atoms with Gasteiger partial charge in [-0.05, 0) is 0 Å². The molecule has 1 fully saturated rings. The highest BCUT2D eigenvalue weighted by molar-refractivity contribution is 7.09. The summed E-state index contributed by atoms with van der Waals surface area (Å²) in [6.07, 6.45) is 1.60. The molecular formula is C5H6BNO2S. The Balaban J connectivity index is 2.08. The van der Waals surface area contributed by atoms with Gasteiger partial charge in [-0.1, -0.05) is 0 Å². The average molecular weight is 156 g/mol. The maximum atomic E-state index is 7.10. The van der Waals surface area contributed by atoms with Gasteiger partial charge in [-0.25, -0.2) is 4.98 Å². The van der Waals surface area contributed by atoms with Crippen LogP contribution in [0, 0.1) is 0 Å². The molecular weight excluding hydrogens is 149 g/mol. The van der Waals surface area contributed by atoms with E-state index in [1.54, 1.807) is 6.20 Å². The molecule has 5 heteroatoms. The van der Waals surface area contributed by atoms with Crippen LogP contribution in [0.2, 0.25) is 0 Å². The summed E-state index contributed by atoms with van der Waals surface area (Å²) in [4.78, 5) is 4.06. The fourth-order valence-electron chi connectivity index (χ4n) is 0.795. The van der Waals surface area contributed by atoms with E-state index in [1.807, 2.05) is 5.38 Å². The SMILES string of the molecule is [2H]B1OCC(c2nccs2)O1. The molecule has 0 amide bonds. The standard InChI is InChI=1S/C5H6BNO2S/c1-2-10-5(7-1)4-3-8-6-9-4/h1-2,4,6H,3H2/i6D. The van der Waals surface area contributed by atoms with E-state index in [1.165, 1.54) is 11.3 Å². The van der Waals surface area contributed by atoms with Crippen molar-refractivity contribution in [3.05, 3.63) is 16.6 Å². The second kappa shape index (κ2) is 2.69. The number of nitrogens with zero attached hydrogens (tertiary/aromatic N) is 1. The Morgan fingerprint density at radius 3 is 3.60 bits per heavy atom. The van der Waals surface area contributed by atoms with Crippen LogP contribution in [0.1, 0.15) is 11.1 Å². The zero-order chi connectivity index (χ0) is 7.68. The van der Waals surface area contributed by atoms with Gasteiger partial charge in [0.1, 0.15) is 11.1 Å². The maximum absolute atomic E-state index is 7.10. The van der Waals surface area contributed by atoms with Gasteiger partial charge >= 0.3 is 7.65 Å². The maximum Gasteiger partial charge on any atom is 0.438 e. The lowest BCUT2D eigenvalue weighted by molar-refractivity contribution is 0.242. The summed E-state index contributed by atoms with van der Waals surface area (Å²) < 4.78 is 17.1. The van der Waals surface area contributed by atoms with Crippen LogP contribution in [-0.2, 0) is 9.31 Å². The molecule has 0 bridgehead atoms. The molecule has 2 heterocycles. The van der Waals surface area contributed by atoms with Gasteiger partial charge in [0.2, 0.25) is 0 Å². The van der Waals surface area contributed by atoms with E-state index >= 15 is 0 Å². The van der Waals surface area contributed by atoms with Gasteiger partial charge in [0.05, 0.1) is 7.94 Å². The van der Waals surface area contributed by atoms with Crippen LogP contribution in [0.15, 0.2) is 11.6 Å². The highest BCUT2D eigenvalue weighted by atomic mass is 32.1. The third kappa shape index (κ3) is 1.07. The van der Waals surface area contributed by atoms with Crippen molar-refractivity contribution in [1.82, 2.24) is 4.98 Å². The first-order chi connectivity index (χ1) is 5.36. The Labute approximate surface area is 64.7 Å². The Bertz CT molecular complexity index is 232. The van der Waals surface area contributed by atoms with Crippen LogP contribution in [0.25, 0.3) is 0 Å². The highest BCUT2D eigenvalue weighted by Crippen LogP contribution is 2.22. The molecule has 1 aromatic rings. The molecule has 0 radical (unpaired) electrons. The molecule has 0 aliphatic carbocycles. The first kappa shape index (κ1) is 5.29. The summed E-state index contributed by atoms with van der Waals surface area (Å²) in [5, 5.41) is 2.77. The molecule has 1 aliphatic rings. The quantitative estimate of drug-likeness (QED) is 0.554. The van der Waals surface area contributed by atoms with Crippen LogP contribution in [0.3, 0.4) is 0 Å². The average Bonchev–Trinajstić information content (AvgIpc) is 2.55. The zero-order valence-corrected chi connectivity index (χ0v) is 6.00. The molecule has 1 atom stereocenters. The minimum atomic E-state index is -0.830. The van der Waals surface area contributed by atoms with Crippen LogP contribution < -0.4 is 0 Å². The van der Waals surface area contributed by atoms with Crippen LogP contribution in [0.5, 0.6) is 0 Å². The van der Waals surface area contributed by atoms with Crippen LogP contribution in [0.4, 0.5) is 0 Å². The summed E-state index contributed by atoms with van der Waals surface area (Å²) in [7, 11) is -0.830. The third-order valence-electron chi connectivity index (χ3n) is 1.26. The second-order valence-electron chi connectivity index (χ2n) is 1.92. The second-order valence-corrected chi connectivity index (χ2v) is 2.85. The van der Waals surface area contributed by atoms with E-state index in [9.17, 15) is 0 Å². The van der Waals surface area contributed by atoms with E-state index in [0.717, 1.165) is 5.01 Å². The molecule has 0 spiro atoms. The van der Waals surface area contributed by atoms with Crippen LogP contribution >= 0.6 is 11.3 Å². The lowest BCUT2D eigenvalue weighted by atomic mass is 10.4. The van der Waals surface area contributed by atoms with Crippen molar-refractivity contribution in [2.24, 2.45) is 0 Å². The Morgan fingerprint density at radius 1 is 2.00 bits per heavy atom. The van der Waals surface area contributed by atoms with Crippen molar-refractivity contribution in [3.8, 4) is 0 Å². The summed E-state index contributed by atoms with van der Waals surface area (Å²) in [6, 6.07) is 0. The van der Waals surface area contributed by atoms with E-state index in [0.29, 0.717) is 6.61 Å². The minimum absolute atomic E-state index is 0.127. The predicted octanol–water partition coefficient (Wildman–Crippen LogP) is 0.497. The smallest absolute Gasteiger partial charge is 0.411 e. The van der Waals surface area contributed by atoms with Gasteiger partial charge < -0.3 is 9.31 Å². The third-order valence-corrected chi connectivity index (χ3v) is 2.13. The summed E-state index contributed by atoms with van der Waals surface area (Å²) >= 11 is 1.52. The first-order valence-corrected chi connectivity index (χ1v) is 3.83. The summed E-state index contributed by atoms with van der Waals surface area (Å²) in [6.45, 7) is 0.446. The van der Waals surface area contributed by atoms with E-state index in [-0.39, 0.29) is 6.10 Å². The number of hydrogen-bond acceptors (Lipinski definition) is 4. The van der Waals surface area contributed by atoms with Crippen molar-refractivity contribution in [1.29, 1.82) is 1.34 Å². The van der Waals surface area contributed by atoms with Crippen molar-refractivity contribution in [2.45, 2.75) is 6.10 Å². The number of hydrogen-bond donors (Lipinski definition) is 0. The van der Waals surface area contributed by atoms with Gasteiger partial charge in [-0.15, -0.1) is 11.3 Å². The van der Waals surface area contributed by atoms with Gasteiger partial charge in [-0.2, -0.15) is 0 Å². The van der Waals surface area contributed by atoms with Crippen molar-refractivity contribution in [3.63, 3.8) is 0 Å². The molecule has 0 N–H and O–H groups in total. The monoisotopic (exact) mass is 156 g/mol. The number of aromatic nitrogens is 1. The van der Waals surface area contributed by atoms with E-state index in [4.69, 9.17) is 10.6 Å². The lowest BCUT2D eigenvalue weighted by Gasteiger charge is -2.01. The fourth-order valence-corrected chi connectivity index (χ4v) is 1.45. The summed E-state index contributed by atoms with van der Waals surface area (Å²) in [5.41, 5.74) is 0. The Hall–Kier alpha value is -0.385. The lowest BCUT2D eigenvalue weighted by Crippen LogP contribution is -1.98. The molecule has 3 nitrogen and oxygen atoms in total. The summed E-state index contributed by atoms with van der Waals surface area (Å²) in [5.74, 6) is 0. The van der Waals surface area contributed by atoms with Gasteiger partial charge in [0, 0.05) is 11.6 Å². The fraction of sp³-hybridized carbons (Fsp3) is 0.400. The van der Waals surface area contributed by atoms with Crippen molar-refractivity contribution in [2.75, 3.05) is 6.61 Å². The van der Waals surface area contributed by atoms with E-state index < -0.39 is 7.65 Å². The molecule has 0 saturated carbocycles. The molecule has 1 aromatic heterocycles. The zero-order valence-electron chi connectivity index (χ0n) is 6.19. The number of rotatable bonds is 1. The molecule has 2 rings (SSSR count). The largest absolute Gasteiger partial charge is 0.438 e. The Morgan fingerprint density at radius 2 is 3.00 bits per heavy atom. The highest BCUT2D eigenvalue weighted by Gasteiger charge is 2.20. The minimum Gasteiger partial charge on any atom is -0.411 e. The topological polar surface area (TPSA) is 31.4 Å². The molecule has 0 aromatic carbocycles. The van der Waals surface area contributed by atoms with Gasteiger partial charge in [-0.3, -0.25) is 0 Å². The molecule has 1 aliphatic heterocycles. The normalized spacial score (nSPS) is 27.0. The first-order valence-electron chi connectivity index (χ1n) is 3.53. The van der Waals surface area contributed by atoms with Gasteiger partial charge in [0.25, 0.3) is 0 Å². The number of thiazole rings is 1.